The molecule has 2 aliphatic rings. The maximum atomic E-state index is 6.35. The lowest BCUT2D eigenvalue weighted by Crippen LogP contribution is -2.30. The van der Waals surface area contributed by atoms with E-state index in [0.717, 1.165) is 22.2 Å². The van der Waals surface area contributed by atoms with Crippen molar-refractivity contribution in [1.29, 1.82) is 0 Å². The monoisotopic (exact) mass is 575 g/mol. The first-order chi connectivity index (χ1) is 21.8. The van der Waals surface area contributed by atoms with Crippen molar-refractivity contribution in [1.82, 2.24) is 0 Å². The van der Waals surface area contributed by atoms with Crippen molar-refractivity contribution in [3.05, 3.63) is 138 Å². The number of furan rings is 1. The van der Waals surface area contributed by atoms with Crippen molar-refractivity contribution in [3.63, 3.8) is 0 Å². The summed E-state index contributed by atoms with van der Waals surface area (Å²) in [4.78, 5) is 2.40. The molecule has 1 aromatic heterocycles. The van der Waals surface area contributed by atoms with E-state index in [-0.39, 0.29) is 5.41 Å². The number of anilines is 3. The van der Waals surface area contributed by atoms with Crippen LogP contribution < -0.4 is 4.90 Å². The quantitative estimate of drug-likeness (QED) is 0.196. The Labute approximate surface area is 261 Å². The Morgan fingerprint density at radius 2 is 1.09 bits per heavy atom. The summed E-state index contributed by atoms with van der Waals surface area (Å²) in [5.74, 6) is 0.696. The molecule has 2 aliphatic carbocycles. The lowest BCUT2D eigenvalue weighted by molar-refractivity contribution is 0.346. The zero-order valence-corrected chi connectivity index (χ0v) is 25.6. The van der Waals surface area contributed by atoms with Gasteiger partial charge in [0, 0.05) is 39.3 Å². The van der Waals surface area contributed by atoms with Gasteiger partial charge >= 0.3 is 0 Å². The summed E-state index contributed by atoms with van der Waals surface area (Å²) in [5, 5.41) is 2.33. The smallest absolute Gasteiger partial charge is 0.137 e. The first-order valence-electron chi connectivity index (χ1n) is 16.8. The van der Waals surface area contributed by atoms with Crippen LogP contribution in [0.25, 0.3) is 21.9 Å². The predicted molar refractivity (Wildman–Crippen MR) is 185 cm³/mol. The van der Waals surface area contributed by atoms with E-state index in [0.29, 0.717) is 5.92 Å². The van der Waals surface area contributed by atoms with E-state index < -0.39 is 0 Å². The number of benzene rings is 5. The molecule has 0 amide bonds. The van der Waals surface area contributed by atoms with Crippen LogP contribution in [0, 0.1) is 0 Å². The molecule has 6 aromatic rings. The van der Waals surface area contributed by atoms with Crippen molar-refractivity contribution in [3.8, 4) is 0 Å². The highest BCUT2D eigenvalue weighted by molar-refractivity contribution is 6.06. The highest BCUT2D eigenvalue weighted by Gasteiger charge is 2.35. The Bertz CT molecular complexity index is 1850. The molecule has 220 valence electrons. The van der Waals surface area contributed by atoms with Gasteiger partial charge < -0.3 is 9.32 Å². The topological polar surface area (TPSA) is 16.4 Å². The molecule has 0 N–H and O–H groups in total. The minimum atomic E-state index is 0.0949. The van der Waals surface area contributed by atoms with Gasteiger partial charge in [0.2, 0.25) is 0 Å². The maximum absolute atomic E-state index is 6.35. The second kappa shape index (κ2) is 11.7. The number of para-hydroxylation sites is 1. The van der Waals surface area contributed by atoms with Gasteiger partial charge in [0.15, 0.2) is 0 Å². The summed E-state index contributed by atoms with van der Waals surface area (Å²) in [5.41, 5.74) is 9.81. The van der Waals surface area contributed by atoms with E-state index in [1.165, 1.54) is 97.7 Å². The lowest BCUT2D eigenvalue weighted by Gasteiger charge is -2.39. The molecule has 0 atom stereocenters. The zero-order valence-electron chi connectivity index (χ0n) is 25.6. The molecule has 1 heterocycles. The molecule has 2 heteroatoms. The van der Waals surface area contributed by atoms with Crippen LogP contribution in [0.4, 0.5) is 17.1 Å². The Hall–Kier alpha value is -4.30. The standard InChI is InChI=1S/C42H41NO/c1-4-12-31(13-5-1)32-18-22-35(23-19-32)43(37-26-27-39-38-16-8-9-17-40(38)44-41(39)30-37)36-24-20-34(21-25-36)42(28-10-3-11-29-42)33-14-6-2-7-15-33/h2,6-9,14-27,30-31H,1,3-5,10-13,28-29H2. The molecule has 44 heavy (non-hydrogen) atoms. The average molecular weight is 576 g/mol. The highest BCUT2D eigenvalue weighted by Crippen LogP contribution is 2.46. The minimum absolute atomic E-state index is 0.0949. The molecule has 0 bridgehead atoms. The fourth-order valence-corrected chi connectivity index (χ4v) is 8.22. The van der Waals surface area contributed by atoms with Crippen LogP contribution in [0.5, 0.6) is 0 Å². The number of nitrogens with zero attached hydrogens (tertiary/aromatic N) is 1. The van der Waals surface area contributed by atoms with Crippen LogP contribution in [-0.2, 0) is 5.41 Å². The van der Waals surface area contributed by atoms with E-state index in [2.05, 4.69) is 120 Å². The van der Waals surface area contributed by atoms with Crippen molar-refractivity contribution < 1.29 is 4.42 Å². The number of fused-ring (bicyclic) bond motifs is 3. The second-order valence-electron chi connectivity index (χ2n) is 13.1. The number of rotatable bonds is 6. The Morgan fingerprint density at radius 3 is 1.84 bits per heavy atom. The largest absolute Gasteiger partial charge is 0.456 e. The molecule has 0 radical (unpaired) electrons. The molecule has 8 rings (SSSR count). The second-order valence-corrected chi connectivity index (χ2v) is 13.1. The SMILES string of the molecule is c1ccc(C2(c3ccc(N(c4ccc(C5CCCCC5)cc4)c4ccc5c(c4)oc4ccccc45)cc3)CCCCC2)cc1. The summed E-state index contributed by atoms with van der Waals surface area (Å²) in [6.45, 7) is 0. The zero-order chi connectivity index (χ0) is 29.3. The van der Waals surface area contributed by atoms with Gasteiger partial charge in [0.05, 0.1) is 0 Å². The third-order valence-electron chi connectivity index (χ3n) is 10.6. The molecule has 2 saturated carbocycles. The van der Waals surface area contributed by atoms with Crippen LogP contribution in [0.2, 0.25) is 0 Å². The van der Waals surface area contributed by atoms with Crippen LogP contribution >= 0.6 is 0 Å². The summed E-state index contributed by atoms with van der Waals surface area (Å²) < 4.78 is 6.35. The summed E-state index contributed by atoms with van der Waals surface area (Å²) >= 11 is 0. The molecule has 2 fully saturated rings. The summed E-state index contributed by atoms with van der Waals surface area (Å²) in [6, 6.07) is 45.1. The molecule has 2 nitrogen and oxygen atoms in total. The van der Waals surface area contributed by atoms with Gasteiger partial charge in [-0.15, -0.1) is 0 Å². The van der Waals surface area contributed by atoms with Gasteiger partial charge in [-0.3, -0.25) is 0 Å². The Morgan fingerprint density at radius 1 is 0.500 bits per heavy atom. The minimum Gasteiger partial charge on any atom is -0.456 e. The molecular formula is C42H41NO. The van der Waals surface area contributed by atoms with Gasteiger partial charge in [0.25, 0.3) is 0 Å². The van der Waals surface area contributed by atoms with Crippen LogP contribution in [0.3, 0.4) is 0 Å². The van der Waals surface area contributed by atoms with Gasteiger partial charge in [-0.1, -0.05) is 111 Å². The molecule has 5 aromatic carbocycles. The summed E-state index contributed by atoms with van der Waals surface area (Å²) in [6.07, 6.45) is 13.1. The number of hydrogen-bond donors (Lipinski definition) is 0. The number of hydrogen-bond acceptors (Lipinski definition) is 2. The van der Waals surface area contributed by atoms with Gasteiger partial charge in [0.1, 0.15) is 11.2 Å². The Kier molecular flexibility index (Phi) is 7.22. The highest BCUT2D eigenvalue weighted by atomic mass is 16.3. The van der Waals surface area contributed by atoms with Crippen molar-refractivity contribution >= 4 is 39.0 Å². The van der Waals surface area contributed by atoms with Crippen molar-refractivity contribution in [2.24, 2.45) is 0 Å². The lowest BCUT2D eigenvalue weighted by atomic mass is 9.65. The third kappa shape index (κ3) is 4.91. The Balaban J connectivity index is 1.21. The first kappa shape index (κ1) is 27.3. The molecule has 0 spiro atoms. The fourth-order valence-electron chi connectivity index (χ4n) is 8.22. The maximum Gasteiger partial charge on any atom is 0.137 e. The molecule has 0 unspecified atom stereocenters. The van der Waals surface area contributed by atoms with E-state index in [4.69, 9.17) is 4.42 Å². The van der Waals surface area contributed by atoms with Gasteiger partial charge in [-0.2, -0.15) is 0 Å². The van der Waals surface area contributed by atoms with E-state index in [1.807, 2.05) is 6.07 Å². The molecule has 0 saturated heterocycles. The van der Waals surface area contributed by atoms with Crippen molar-refractivity contribution in [2.75, 3.05) is 4.90 Å². The fraction of sp³-hybridized carbons (Fsp3) is 0.286. The van der Waals surface area contributed by atoms with Crippen LogP contribution in [0.15, 0.2) is 126 Å². The van der Waals surface area contributed by atoms with Gasteiger partial charge in [-0.25, -0.2) is 0 Å². The predicted octanol–water partition coefficient (Wildman–Crippen LogP) is 12.4. The first-order valence-corrected chi connectivity index (χ1v) is 16.8. The van der Waals surface area contributed by atoms with Crippen LogP contribution in [0.1, 0.15) is 86.8 Å². The van der Waals surface area contributed by atoms with E-state index >= 15 is 0 Å². The van der Waals surface area contributed by atoms with Gasteiger partial charge in [-0.05, 0) is 90.8 Å². The average Bonchev–Trinajstić information content (AvgIpc) is 3.48. The molecule has 0 aliphatic heterocycles. The van der Waals surface area contributed by atoms with Crippen molar-refractivity contribution in [2.45, 2.75) is 75.5 Å². The summed E-state index contributed by atoms with van der Waals surface area (Å²) in [7, 11) is 0. The van der Waals surface area contributed by atoms with Crippen LogP contribution in [-0.4, -0.2) is 0 Å². The van der Waals surface area contributed by atoms with E-state index in [9.17, 15) is 0 Å². The van der Waals surface area contributed by atoms with E-state index in [1.54, 1.807) is 0 Å². The third-order valence-corrected chi connectivity index (χ3v) is 10.6. The normalized spacial score (nSPS) is 17.2. The molecular weight excluding hydrogens is 534 g/mol.